The third kappa shape index (κ3) is 7.15. The summed E-state index contributed by atoms with van der Waals surface area (Å²) in [6, 6.07) is 13.1. The fourth-order valence-corrected chi connectivity index (χ4v) is 3.77. The van der Waals surface area contributed by atoms with Gasteiger partial charge in [0.1, 0.15) is 12.1 Å². The van der Waals surface area contributed by atoms with Gasteiger partial charge in [0.2, 0.25) is 11.8 Å². The van der Waals surface area contributed by atoms with E-state index in [0.717, 1.165) is 22.0 Å². The number of benzene rings is 2. The second-order valence-electron chi connectivity index (χ2n) is 8.25. The van der Waals surface area contributed by atoms with Gasteiger partial charge in [-0.05, 0) is 30.0 Å². The maximum absolute atomic E-state index is 13.1. The molecule has 1 aromatic heterocycles. The summed E-state index contributed by atoms with van der Waals surface area (Å²) in [5.41, 5.74) is 8.53. The molecule has 0 unspecified atom stereocenters. The molecule has 0 bridgehead atoms. The number of carboxylic acid groups (broad SMARTS) is 2. The number of hydrogen-bond acceptors (Lipinski definition) is 5. The summed E-state index contributed by atoms with van der Waals surface area (Å²) in [5, 5.41) is 24.2. The Balaban J connectivity index is 1.78. The molecule has 1 heterocycles. The van der Waals surface area contributed by atoms with Gasteiger partial charge in [-0.1, -0.05) is 48.5 Å². The second kappa shape index (κ2) is 11.8. The van der Waals surface area contributed by atoms with Gasteiger partial charge >= 0.3 is 11.9 Å². The zero-order chi connectivity index (χ0) is 25.4. The first kappa shape index (κ1) is 25.4. The van der Waals surface area contributed by atoms with Crippen LogP contribution in [0, 0.1) is 0 Å². The van der Waals surface area contributed by atoms with Crippen molar-refractivity contribution in [2.75, 3.05) is 0 Å². The molecule has 0 radical (unpaired) electrons. The largest absolute Gasteiger partial charge is 0.481 e. The van der Waals surface area contributed by atoms with Crippen molar-refractivity contribution in [2.24, 2.45) is 5.73 Å². The van der Waals surface area contributed by atoms with Gasteiger partial charge in [0.15, 0.2) is 0 Å². The molecule has 10 heteroatoms. The quantitative estimate of drug-likeness (QED) is 0.226. The summed E-state index contributed by atoms with van der Waals surface area (Å²) in [4.78, 5) is 51.5. The predicted molar refractivity (Wildman–Crippen MR) is 128 cm³/mol. The molecular formula is C25H28N4O6. The summed E-state index contributed by atoms with van der Waals surface area (Å²) in [7, 11) is 0. The number of carbonyl (C=O) groups excluding carboxylic acids is 2. The van der Waals surface area contributed by atoms with Crippen LogP contribution in [0.1, 0.15) is 24.0 Å². The predicted octanol–water partition coefficient (Wildman–Crippen LogP) is 1.20. The molecule has 0 fully saturated rings. The van der Waals surface area contributed by atoms with Crippen molar-refractivity contribution in [3.05, 3.63) is 71.9 Å². The molecule has 0 saturated carbocycles. The highest BCUT2D eigenvalue weighted by molar-refractivity contribution is 5.93. The number of aromatic amines is 1. The SMILES string of the molecule is N[C@@H](Cc1ccccc1)C(=O)N[C@@H](Cc1c[nH]c2ccccc12)C(=O)N[C@@H](CCC(=O)O)C(=O)O. The number of rotatable bonds is 12. The van der Waals surface area contributed by atoms with Gasteiger partial charge in [-0.2, -0.15) is 0 Å². The Labute approximate surface area is 201 Å². The number of H-pyrrole nitrogens is 1. The number of aromatic nitrogens is 1. The van der Waals surface area contributed by atoms with Crippen molar-refractivity contribution in [2.45, 2.75) is 43.8 Å². The molecule has 0 saturated heterocycles. The molecule has 10 nitrogen and oxygen atoms in total. The molecule has 35 heavy (non-hydrogen) atoms. The van der Waals surface area contributed by atoms with E-state index in [2.05, 4.69) is 15.6 Å². The monoisotopic (exact) mass is 480 g/mol. The Morgan fingerprint density at radius 1 is 0.857 bits per heavy atom. The first-order valence-corrected chi connectivity index (χ1v) is 11.1. The minimum absolute atomic E-state index is 0.0743. The van der Waals surface area contributed by atoms with Crippen molar-refractivity contribution < 1.29 is 29.4 Å². The van der Waals surface area contributed by atoms with Crippen LogP contribution in [0.2, 0.25) is 0 Å². The molecule has 2 amide bonds. The lowest BCUT2D eigenvalue weighted by molar-refractivity contribution is -0.143. The Hall–Kier alpha value is -4.18. The molecule has 0 spiro atoms. The van der Waals surface area contributed by atoms with Crippen molar-refractivity contribution in [3.8, 4) is 0 Å². The highest BCUT2D eigenvalue weighted by Gasteiger charge is 2.29. The van der Waals surface area contributed by atoms with Crippen LogP contribution in [0.5, 0.6) is 0 Å². The third-order valence-electron chi connectivity index (χ3n) is 5.63. The lowest BCUT2D eigenvalue weighted by Gasteiger charge is -2.23. The second-order valence-corrected chi connectivity index (χ2v) is 8.25. The Morgan fingerprint density at radius 3 is 2.20 bits per heavy atom. The van der Waals surface area contributed by atoms with Gasteiger partial charge in [0.05, 0.1) is 6.04 Å². The zero-order valence-electron chi connectivity index (χ0n) is 18.9. The zero-order valence-corrected chi connectivity index (χ0v) is 18.9. The van der Waals surface area contributed by atoms with E-state index in [1.807, 2.05) is 54.6 Å². The number of nitrogens with two attached hydrogens (primary N) is 1. The topological polar surface area (TPSA) is 175 Å². The molecule has 3 aromatic rings. The van der Waals surface area contributed by atoms with Crippen molar-refractivity contribution in [1.29, 1.82) is 0 Å². The summed E-state index contributed by atoms with van der Waals surface area (Å²) in [6.45, 7) is 0. The summed E-state index contributed by atoms with van der Waals surface area (Å²) in [5.74, 6) is -3.85. The van der Waals surface area contributed by atoms with Crippen LogP contribution in [0.3, 0.4) is 0 Å². The molecule has 0 aliphatic rings. The standard InChI is InChI=1S/C25H28N4O6/c26-18(12-15-6-2-1-3-7-15)23(32)29-21(13-16-14-27-19-9-5-4-8-17(16)19)24(33)28-20(25(34)35)10-11-22(30)31/h1-9,14,18,20-21,27H,10-13,26H2,(H,28,33)(H,29,32)(H,30,31)(H,34,35)/t18-,20-,21-/m0/s1. The van der Waals surface area contributed by atoms with Crippen molar-refractivity contribution in [1.82, 2.24) is 15.6 Å². The van der Waals surface area contributed by atoms with E-state index >= 15 is 0 Å². The van der Waals surface area contributed by atoms with Crippen LogP contribution in [-0.4, -0.2) is 57.1 Å². The molecule has 184 valence electrons. The number of aliphatic carboxylic acids is 2. The van der Waals surface area contributed by atoms with Crippen LogP contribution in [0.15, 0.2) is 60.8 Å². The normalized spacial score (nSPS) is 13.5. The third-order valence-corrected chi connectivity index (χ3v) is 5.63. The van der Waals surface area contributed by atoms with E-state index in [4.69, 9.17) is 10.8 Å². The van der Waals surface area contributed by atoms with Crippen molar-refractivity contribution >= 4 is 34.7 Å². The van der Waals surface area contributed by atoms with E-state index in [9.17, 15) is 24.3 Å². The number of fused-ring (bicyclic) bond motifs is 1. The minimum Gasteiger partial charge on any atom is -0.481 e. The Bertz CT molecular complexity index is 1190. The summed E-state index contributed by atoms with van der Waals surface area (Å²) >= 11 is 0. The average Bonchev–Trinajstić information content (AvgIpc) is 3.24. The van der Waals surface area contributed by atoms with Gasteiger partial charge < -0.3 is 31.6 Å². The van der Waals surface area contributed by atoms with E-state index in [1.165, 1.54) is 0 Å². The number of amides is 2. The number of para-hydroxylation sites is 1. The number of carboxylic acids is 2. The lowest BCUT2D eigenvalue weighted by Crippen LogP contribution is -2.55. The molecule has 7 N–H and O–H groups in total. The van der Waals surface area contributed by atoms with Crippen LogP contribution in [0.4, 0.5) is 0 Å². The first-order valence-electron chi connectivity index (χ1n) is 11.1. The van der Waals surface area contributed by atoms with E-state index in [-0.39, 0.29) is 19.3 Å². The van der Waals surface area contributed by atoms with Crippen LogP contribution >= 0.6 is 0 Å². The first-order chi connectivity index (χ1) is 16.7. The lowest BCUT2D eigenvalue weighted by atomic mass is 10.0. The van der Waals surface area contributed by atoms with E-state index in [1.54, 1.807) is 6.20 Å². The minimum atomic E-state index is -1.42. The highest BCUT2D eigenvalue weighted by atomic mass is 16.4. The Morgan fingerprint density at radius 2 is 1.51 bits per heavy atom. The highest BCUT2D eigenvalue weighted by Crippen LogP contribution is 2.19. The van der Waals surface area contributed by atoms with Gasteiger partial charge in [-0.25, -0.2) is 4.79 Å². The number of carbonyl (C=O) groups is 4. The molecule has 0 aliphatic carbocycles. The fraction of sp³-hybridized carbons (Fsp3) is 0.280. The maximum Gasteiger partial charge on any atom is 0.326 e. The van der Waals surface area contributed by atoms with Crippen LogP contribution in [-0.2, 0) is 32.0 Å². The molecule has 3 rings (SSSR count). The van der Waals surface area contributed by atoms with E-state index in [0.29, 0.717) is 0 Å². The number of nitrogens with one attached hydrogen (secondary N) is 3. The van der Waals surface area contributed by atoms with Crippen LogP contribution < -0.4 is 16.4 Å². The van der Waals surface area contributed by atoms with Crippen LogP contribution in [0.25, 0.3) is 10.9 Å². The summed E-state index contributed by atoms with van der Waals surface area (Å²) < 4.78 is 0. The summed E-state index contributed by atoms with van der Waals surface area (Å²) in [6.07, 6.45) is 1.33. The van der Waals surface area contributed by atoms with Gasteiger partial charge in [-0.3, -0.25) is 14.4 Å². The van der Waals surface area contributed by atoms with Crippen molar-refractivity contribution in [3.63, 3.8) is 0 Å². The van der Waals surface area contributed by atoms with Gasteiger partial charge in [0, 0.05) is 29.9 Å². The average molecular weight is 481 g/mol. The Kier molecular flexibility index (Phi) is 8.58. The van der Waals surface area contributed by atoms with Gasteiger partial charge in [-0.15, -0.1) is 0 Å². The molecule has 3 atom stereocenters. The smallest absolute Gasteiger partial charge is 0.326 e. The van der Waals surface area contributed by atoms with Gasteiger partial charge in [0.25, 0.3) is 0 Å². The molecular weight excluding hydrogens is 452 g/mol. The fourth-order valence-electron chi connectivity index (χ4n) is 3.77. The van der Waals surface area contributed by atoms with E-state index < -0.39 is 48.3 Å². The molecule has 0 aliphatic heterocycles. The molecule has 2 aromatic carbocycles. The number of hydrogen-bond donors (Lipinski definition) is 6. The maximum atomic E-state index is 13.1.